The fourth-order valence-corrected chi connectivity index (χ4v) is 2.40. The van der Waals surface area contributed by atoms with Crippen LogP contribution < -0.4 is 11.1 Å². The number of nitrogens with two attached hydrogens (primary N) is 1. The van der Waals surface area contributed by atoms with Crippen molar-refractivity contribution in [2.75, 3.05) is 11.9 Å². The maximum Gasteiger partial charge on any atom is 0.306 e. The van der Waals surface area contributed by atoms with Crippen molar-refractivity contribution in [2.24, 2.45) is 10.9 Å². The number of amidine groups is 1. The molecule has 0 fully saturated rings. The van der Waals surface area contributed by atoms with Gasteiger partial charge in [-0.15, -0.1) is 0 Å². The second-order valence-corrected chi connectivity index (χ2v) is 5.48. The van der Waals surface area contributed by atoms with Crippen LogP contribution in [0.5, 0.6) is 0 Å². The number of esters is 1. The van der Waals surface area contributed by atoms with Crippen LogP contribution in [0.15, 0.2) is 53.7 Å². The topological polar surface area (TPSA) is 114 Å². The molecule has 0 aliphatic rings. The highest BCUT2D eigenvalue weighted by Gasteiger charge is 2.12. The molecule has 0 aromatic heterocycles. The standard InChI is InChI=1S/C19H21N3O4/c1-2-26-17(23)11-10-13-6-3-4-9-16(13)21-19(24)15-8-5-7-14(12-15)18(20)22-25/h3-9,12,25H,2,10-11H2,1H3,(H2,20,22)(H,21,24). The summed E-state index contributed by atoms with van der Waals surface area (Å²) in [5.41, 5.74) is 7.82. The third kappa shape index (κ3) is 5.07. The lowest BCUT2D eigenvalue weighted by atomic mass is 10.1. The fourth-order valence-electron chi connectivity index (χ4n) is 2.40. The predicted molar refractivity (Wildman–Crippen MR) is 98.3 cm³/mol. The SMILES string of the molecule is CCOC(=O)CCc1ccccc1NC(=O)c1cccc(C(N)=NO)c1. The highest BCUT2D eigenvalue weighted by Crippen LogP contribution is 2.18. The van der Waals surface area contributed by atoms with Crippen molar-refractivity contribution in [3.05, 3.63) is 65.2 Å². The lowest BCUT2D eigenvalue weighted by Gasteiger charge is -2.11. The highest BCUT2D eigenvalue weighted by molar-refractivity contribution is 6.06. The van der Waals surface area contributed by atoms with Crippen molar-refractivity contribution >= 4 is 23.4 Å². The second-order valence-electron chi connectivity index (χ2n) is 5.48. The molecule has 26 heavy (non-hydrogen) atoms. The van der Waals surface area contributed by atoms with Gasteiger partial charge in [-0.1, -0.05) is 35.5 Å². The van der Waals surface area contributed by atoms with E-state index < -0.39 is 0 Å². The third-order valence-electron chi connectivity index (χ3n) is 3.70. The van der Waals surface area contributed by atoms with E-state index in [9.17, 15) is 9.59 Å². The van der Waals surface area contributed by atoms with E-state index in [2.05, 4.69) is 10.5 Å². The molecule has 7 nitrogen and oxygen atoms in total. The number of rotatable bonds is 7. The number of para-hydroxylation sites is 1. The molecule has 0 saturated heterocycles. The smallest absolute Gasteiger partial charge is 0.306 e. The van der Waals surface area contributed by atoms with E-state index in [-0.39, 0.29) is 24.1 Å². The number of nitrogens with zero attached hydrogens (tertiary/aromatic N) is 1. The van der Waals surface area contributed by atoms with Crippen molar-refractivity contribution in [3.8, 4) is 0 Å². The first-order chi connectivity index (χ1) is 12.5. The van der Waals surface area contributed by atoms with Gasteiger partial charge in [0.1, 0.15) is 0 Å². The largest absolute Gasteiger partial charge is 0.466 e. The zero-order chi connectivity index (χ0) is 18.9. The molecule has 136 valence electrons. The summed E-state index contributed by atoms with van der Waals surface area (Å²) in [7, 11) is 0. The van der Waals surface area contributed by atoms with Crippen LogP contribution in [0.3, 0.4) is 0 Å². The summed E-state index contributed by atoms with van der Waals surface area (Å²) in [5, 5.41) is 14.5. The van der Waals surface area contributed by atoms with Crippen LogP contribution in [0.4, 0.5) is 5.69 Å². The van der Waals surface area contributed by atoms with E-state index >= 15 is 0 Å². The Hall–Kier alpha value is -3.35. The Morgan fingerprint density at radius 3 is 2.62 bits per heavy atom. The molecule has 7 heteroatoms. The number of oxime groups is 1. The van der Waals surface area contributed by atoms with E-state index in [0.29, 0.717) is 29.8 Å². The maximum absolute atomic E-state index is 12.5. The zero-order valence-corrected chi connectivity index (χ0v) is 14.4. The monoisotopic (exact) mass is 355 g/mol. The average molecular weight is 355 g/mol. The first-order valence-electron chi connectivity index (χ1n) is 8.18. The first-order valence-corrected chi connectivity index (χ1v) is 8.18. The van der Waals surface area contributed by atoms with Crippen LogP contribution in [-0.4, -0.2) is 29.5 Å². The molecule has 0 radical (unpaired) electrons. The van der Waals surface area contributed by atoms with Crippen LogP contribution in [-0.2, 0) is 16.0 Å². The molecular formula is C19H21N3O4. The van der Waals surface area contributed by atoms with E-state index in [1.165, 1.54) is 6.07 Å². The minimum absolute atomic E-state index is 0.0745. The zero-order valence-electron chi connectivity index (χ0n) is 14.4. The first kappa shape index (κ1) is 19.0. The molecule has 0 atom stereocenters. The molecule has 2 aromatic carbocycles. The fraction of sp³-hybridized carbons (Fsp3) is 0.211. The number of hydrogen-bond acceptors (Lipinski definition) is 5. The minimum atomic E-state index is -0.332. The quantitative estimate of drug-likeness (QED) is 0.232. The number of nitrogens with one attached hydrogen (secondary N) is 1. The summed E-state index contributed by atoms with van der Waals surface area (Å²) in [6.07, 6.45) is 0.694. The molecule has 0 spiro atoms. The average Bonchev–Trinajstić information content (AvgIpc) is 2.67. The Morgan fingerprint density at radius 1 is 1.15 bits per heavy atom. The van der Waals surface area contributed by atoms with Gasteiger partial charge in [0.05, 0.1) is 6.61 Å². The second kappa shape index (κ2) is 9.22. The summed E-state index contributed by atoms with van der Waals surface area (Å²) in [4.78, 5) is 24.1. The van der Waals surface area contributed by atoms with E-state index in [4.69, 9.17) is 15.7 Å². The summed E-state index contributed by atoms with van der Waals surface area (Å²) in [5.74, 6) is -0.684. The van der Waals surface area contributed by atoms with E-state index in [1.54, 1.807) is 37.3 Å². The number of hydrogen-bond donors (Lipinski definition) is 3. The number of carbonyl (C=O) groups is 2. The Kier molecular flexibility index (Phi) is 6.73. The van der Waals surface area contributed by atoms with Gasteiger partial charge in [-0.2, -0.15) is 0 Å². The van der Waals surface area contributed by atoms with E-state index in [1.807, 2.05) is 12.1 Å². The van der Waals surface area contributed by atoms with Crippen molar-refractivity contribution in [1.82, 2.24) is 0 Å². The molecule has 4 N–H and O–H groups in total. The van der Waals surface area contributed by atoms with Crippen LogP contribution in [0.25, 0.3) is 0 Å². The van der Waals surface area contributed by atoms with Gasteiger partial charge in [-0.05, 0) is 37.1 Å². The molecule has 1 amide bonds. The summed E-state index contributed by atoms with van der Waals surface area (Å²) >= 11 is 0. The maximum atomic E-state index is 12.5. The van der Waals surface area contributed by atoms with Gasteiger partial charge in [0, 0.05) is 23.2 Å². The van der Waals surface area contributed by atoms with Crippen LogP contribution in [0.1, 0.15) is 34.8 Å². The number of carbonyl (C=O) groups excluding carboxylic acids is 2. The van der Waals surface area contributed by atoms with Crippen molar-refractivity contribution in [3.63, 3.8) is 0 Å². The molecule has 2 aromatic rings. The lowest BCUT2D eigenvalue weighted by molar-refractivity contribution is -0.143. The normalized spacial score (nSPS) is 11.0. The van der Waals surface area contributed by atoms with Crippen molar-refractivity contribution in [1.29, 1.82) is 0 Å². The Labute approximate surface area is 151 Å². The summed E-state index contributed by atoms with van der Waals surface area (Å²) in [6.45, 7) is 2.10. The molecule has 0 aliphatic carbocycles. The minimum Gasteiger partial charge on any atom is -0.466 e. The predicted octanol–water partition coefficient (Wildman–Crippen LogP) is 2.53. The van der Waals surface area contributed by atoms with E-state index in [0.717, 1.165) is 5.56 Å². The summed E-state index contributed by atoms with van der Waals surface area (Å²) < 4.78 is 4.93. The molecule has 0 saturated carbocycles. The third-order valence-corrected chi connectivity index (χ3v) is 3.70. The number of amides is 1. The number of benzene rings is 2. The van der Waals surface area contributed by atoms with Gasteiger partial charge < -0.3 is 21.0 Å². The molecule has 2 rings (SSSR count). The van der Waals surface area contributed by atoms with Gasteiger partial charge in [0.15, 0.2) is 5.84 Å². The van der Waals surface area contributed by atoms with Crippen LogP contribution in [0, 0.1) is 0 Å². The summed E-state index contributed by atoms with van der Waals surface area (Å²) in [6, 6.07) is 13.7. The van der Waals surface area contributed by atoms with Gasteiger partial charge in [-0.25, -0.2) is 0 Å². The molecule has 0 heterocycles. The van der Waals surface area contributed by atoms with Crippen molar-refractivity contribution < 1.29 is 19.5 Å². The van der Waals surface area contributed by atoms with Crippen LogP contribution >= 0.6 is 0 Å². The van der Waals surface area contributed by atoms with Gasteiger partial charge in [-0.3, -0.25) is 9.59 Å². The van der Waals surface area contributed by atoms with Gasteiger partial charge >= 0.3 is 5.97 Å². The lowest BCUT2D eigenvalue weighted by Crippen LogP contribution is -2.17. The Balaban J connectivity index is 2.13. The number of aryl methyl sites for hydroxylation is 1. The molecular weight excluding hydrogens is 334 g/mol. The molecule has 0 unspecified atom stereocenters. The van der Waals surface area contributed by atoms with Gasteiger partial charge in [0.25, 0.3) is 5.91 Å². The van der Waals surface area contributed by atoms with Gasteiger partial charge in [0.2, 0.25) is 0 Å². The Morgan fingerprint density at radius 2 is 1.88 bits per heavy atom. The van der Waals surface area contributed by atoms with Crippen LogP contribution in [0.2, 0.25) is 0 Å². The number of anilines is 1. The van der Waals surface area contributed by atoms with Crippen molar-refractivity contribution in [2.45, 2.75) is 19.8 Å². The Bertz CT molecular complexity index is 818. The molecule has 0 bridgehead atoms. The highest BCUT2D eigenvalue weighted by atomic mass is 16.5. The number of ether oxygens (including phenoxy) is 1. The molecule has 0 aliphatic heterocycles.